The molecule has 0 radical (unpaired) electrons. The van der Waals surface area contributed by atoms with Crippen LogP contribution in [0.1, 0.15) is 44.1 Å². The second-order valence-corrected chi connectivity index (χ2v) is 6.78. The van der Waals surface area contributed by atoms with Gasteiger partial charge in [-0.2, -0.15) is 0 Å². The zero-order valence-corrected chi connectivity index (χ0v) is 15.0. The highest BCUT2D eigenvalue weighted by molar-refractivity contribution is 5.75. The molecule has 138 valence electrons. The maximum absolute atomic E-state index is 12.0. The molecule has 0 atom stereocenters. The van der Waals surface area contributed by atoms with E-state index in [1.54, 1.807) is 18.3 Å². The van der Waals surface area contributed by atoms with Crippen LogP contribution in [0, 0.1) is 0 Å². The normalized spacial score (nSPS) is 14.8. The van der Waals surface area contributed by atoms with Crippen LogP contribution in [0.4, 0.5) is 0 Å². The fourth-order valence-corrected chi connectivity index (χ4v) is 3.22. The average Bonchev–Trinajstić information content (AvgIpc) is 2.68. The summed E-state index contributed by atoms with van der Waals surface area (Å²) in [5, 5.41) is 2.89. The number of aryl methyl sites for hydroxylation is 1. The summed E-state index contributed by atoms with van der Waals surface area (Å²) in [6.45, 7) is 0.867. The van der Waals surface area contributed by atoms with Crippen LogP contribution >= 0.6 is 0 Å². The van der Waals surface area contributed by atoms with Crippen LogP contribution in [0.15, 0.2) is 53.5 Å². The minimum Gasteiger partial charge on any atom is -0.490 e. The van der Waals surface area contributed by atoms with Crippen LogP contribution in [0.2, 0.25) is 0 Å². The Balaban J connectivity index is 1.42. The largest absolute Gasteiger partial charge is 0.490 e. The Kier molecular flexibility index (Phi) is 6.47. The maximum Gasteiger partial charge on any atom is 0.250 e. The predicted octanol–water partition coefficient (Wildman–Crippen LogP) is 3.27. The third-order valence-electron chi connectivity index (χ3n) is 4.75. The summed E-state index contributed by atoms with van der Waals surface area (Å²) in [7, 11) is 0. The number of benzene rings is 1. The first kappa shape index (κ1) is 18.2. The molecule has 1 N–H and O–H groups in total. The fourth-order valence-electron chi connectivity index (χ4n) is 3.22. The van der Waals surface area contributed by atoms with Gasteiger partial charge in [-0.25, -0.2) is 0 Å². The summed E-state index contributed by atoms with van der Waals surface area (Å²) in [5.74, 6) is 0.832. The van der Waals surface area contributed by atoms with Crippen molar-refractivity contribution in [3.8, 4) is 5.75 Å². The van der Waals surface area contributed by atoms with E-state index in [1.807, 2.05) is 24.3 Å². The van der Waals surface area contributed by atoms with Gasteiger partial charge in [0.05, 0.1) is 6.10 Å². The van der Waals surface area contributed by atoms with Crippen molar-refractivity contribution in [3.63, 3.8) is 0 Å². The SMILES string of the molecule is O=C(CCn1ccccc1=O)NCc1ccc(OC2CCCCC2)cc1. The number of rotatable bonds is 7. The van der Waals surface area contributed by atoms with Crippen LogP contribution < -0.4 is 15.6 Å². The van der Waals surface area contributed by atoms with Crippen molar-refractivity contribution in [2.24, 2.45) is 0 Å². The van der Waals surface area contributed by atoms with E-state index >= 15 is 0 Å². The average molecular weight is 354 g/mol. The molecule has 1 saturated carbocycles. The maximum atomic E-state index is 12.0. The number of hydrogen-bond acceptors (Lipinski definition) is 3. The molecule has 5 heteroatoms. The summed E-state index contributed by atoms with van der Waals surface area (Å²) in [4.78, 5) is 23.6. The van der Waals surface area contributed by atoms with Gasteiger partial charge in [-0.1, -0.05) is 24.6 Å². The molecule has 1 aliphatic carbocycles. The van der Waals surface area contributed by atoms with Gasteiger partial charge in [0.1, 0.15) is 5.75 Å². The van der Waals surface area contributed by atoms with Crippen LogP contribution in [-0.2, 0) is 17.9 Å². The lowest BCUT2D eigenvalue weighted by Crippen LogP contribution is -2.26. The second kappa shape index (κ2) is 9.22. The van der Waals surface area contributed by atoms with Crippen LogP contribution in [0.25, 0.3) is 0 Å². The first-order valence-corrected chi connectivity index (χ1v) is 9.38. The van der Waals surface area contributed by atoms with E-state index in [-0.39, 0.29) is 17.9 Å². The molecule has 1 aliphatic rings. The summed E-state index contributed by atoms with van der Waals surface area (Å²) in [6.07, 6.45) is 8.43. The third kappa shape index (κ3) is 5.48. The molecule has 1 aromatic carbocycles. The number of nitrogens with one attached hydrogen (secondary N) is 1. The summed E-state index contributed by atoms with van der Waals surface area (Å²) < 4.78 is 7.55. The van der Waals surface area contributed by atoms with E-state index in [1.165, 1.54) is 29.9 Å². The smallest absolute Gasteiger partial charge is 0.250 e. The highest BCUT2D eigenvalue weighted by Crippen LogP contribution is 2.23. The monoisotopic (exact) mass is 354 g/mol. The topological polar surface area (TPSA) is 60.3 Å². The third-order valence-corrected chi connectivity index (χ3v) is 4.75. The lowest BCUT2D eigenvalue weighted by Gasteiger charge is -2.23. The van der Waals surface area contributed by atoms with E-state index in [4.69, 9.17) is 4.74 Å². The highest BCUT2D eigenvalue weighted by atomic mass is 16.5. The molecular weight excluding hydrogens is 328 g/mol. The quantitative estimate of drug-likeness (QED) is 0.830. The zero-order chi connectivity index (χ0) is 18.2. The second-order valence-electron chi connectivity index (χ2n) is 6.78. The first-order valence-electron chi connectivity index (χ1n) is 9.38. The molecule has 1 fully saturated rings. The Hall–Kier alpha value is -2.56. The lowest BCUT2D eigenvalue weighted by atomic mass is 9.98. The molecule has 1 aromatic heterocycles. The number of carbonyl (C=O) groups excluding carboxylic acids is 1. The molecule has 26 heavy (non-hydrogen) atoms. The molecule has 0 saturated heterocycles. The Morgan fingerprint density at radius 1 is 1.08 bits per heavy atom. The van der Waals surface area contributed by atoms with Crippen LogP contribution in [0.5, 0.6) is 5.75 Å². The molecule has 2 aromatic rings. The van der Waals surface area contributed by atoms with E-state index in [2.05, 4.69) is 5.32 Å². The van der Waals surface area contributed by atoms with Crippen LogP contribution in [-0.4, -0.2) is 16.6 Å². The van der Waals surface area contributed by atoms with Crippen molar-refractivity contribution >= 4 is 5.91 Å². The Bertz CT molecular complexity index is 761. The van der Waals surface area contributed by atoms with Crippen molar-refractivity contribution in [3.05, 3.63) is 64.6 Å². The van der Waals surface area contributed by atoms with Gasteiger partial charge < -0.3 is 14.6 Å². The number of pyridine rings is 1. The minimum absolute atomic E-state index is 0.0664. The number of hydrogen-bond donors (Lipinski definition) is 1. The molecule has 1 amide bonds. The van der Waals surface area contributed by atoms with E-state index in [0.717, 1.165) is 24.2 Å². The molecule has 1 heterocycles. The van der Waals surface area contributed by atoms with Gasteiger partial charge in [-0.15, -0.1) is 0 Å². The number of ether oxygens (including phenoxy) is 1. The van der Waals surface area contributed by atoms with Crippen molar-refractivity contribution in [2.75, 3.05) is 0 Å². The van der Waals surface area contributed by atoms with Gasteiger partial charge in [-0.3, -0.25) is 9.59 Å². The Morgan fingerprint density at radius 2 is 1.85 bits per heavy atom. The Morgan fingerprint density at radius 3 is 2.58 bits per heavy atom. The molecule has 0 unspecified atom stereocenters. The first-order chi connectivity index (χ1) is 12.7. The fraction of sp³-hybridized carbons (Fsp3) is 0.429. The molecule has 3 rings (SSSR count). The Labute approximate surface area is 154 Å². The van der Waals surface area contributed by atoms with Gasteiger partial charge in [-0.05, 0) is 49.4 Å². The summed E-state index contributed by atoms with van der Waals surface area (Å²) >= 11 is 0. The van der Waals surface area contributed by atoms with E-state index in [0.29, 0.717) is 19.2 Å². The molecule has 0 bridgehead atoms. The van der Waals surface area contributed by atoms with Crippen molar-refractivity contribution in [2.45, 2.75) is 57.7 Å². The van der Waals surface area contributed by atoms with Crippen molar-refractivity contribution in [1.82, 2.24) is 9.88 Å². The van der Waals surface area contributed by atoms with Gasteiger partial charge >= 0.3 is 0 Å². The van der Waals surface area contributed by atoms with Gasteiger partial charge in [0.25, 0.3) is 5.56 Å². The molecule has 0 aliphatic heterocycles. The van der Waals surface area contributed by atoms with Gasteiger partial charge in [0, 0.05) is 31.8 Å². The van der Waals surface area contributed by atoms with Crippen molar-refractivity contribution < 1.29 is 9.53 Å². The number of aromatic nitrogens is 1. The van der Waals surface area contributed by atoms with E-state index < -0.39 is 0 Å². The number of nitrogens with zero attached hydrogens (tertiary/aromatic N) is 1. The molecular formula is C21H26N2O3. The van der Waals surface area contributed by atoms with Crippen LogP contribution in [0.3, 0.4) is 0 Å². The highest BCUT2D eigenvalue weighted by Gasteiger charge is 2.14. The minimum atomic E-state index is -0.0890. The number of amides is 1. The van der Waals surface area contributed by atoms with Gasteiger partial charge in [0.2, 0.25) is 5.91 Å². The molecule has 5 nitrogen and oxygen atoms in total. The molecule has 0 spiro atoms. The predicted molar refractivity (Wildman–Crippen MR) is 101 cm³/mol. The van der Waals surface area contributed by atoms with Crippen molar-refractivity contribution in [1.29, 1.82) is 0 Å². The summed E-state index contributed by atoms with van der Waals surface area (Å²) in [6, 6.07) is 12.9. The van der Waals surface area contributed by atoms with E-state index in [9.17, 15) is 9.59 Å². The van der Waals surface area contributed by atoms with Gasteiger partial charge in [0.15, 0.2) is 0 Å². The lowest BCUT2D eigenvalue weighted by molar-refractivity contribution is -0.121. The standard InChI is InChI=1S/C21H26N2O3/c24-20(13-15-23-14-5-4-8-21(23)25)22-16-17-9-11-19(12-10-17)26-18-6-2-1-3-7-18/h4-5,8-12,14,18H,1-3,6-7,13,15-16H2,(H,22,24). The zero-order valence-electron chi connectivity index (χ0n) is 15.0. The summed E-state index contributed by atoms with van der Waals surface area (Å²) in [5.41, 5.74) is 0.945. The number of carbonyl (C=O) groups is 1.